The molecule has 1 aliphatic rings. The third-order valence-corrected chi connectivity index (χ3v) is 4.82. The molecule has 1 saturated heterocycles. The maximum absolute atomic E-state index is 13.0. The first kappa shape index (κ1) is 18.0. The number of benzene rings is 1. The molecule has 0 aliphatic carbocycles. The number of hydrogen-bond acceptors (Lipinski definition) is 6. The summed E-state index contributed by atoms with van der Waals surface area (Å²) in [4.78, 5) is 18.7. The zero-order valence-corrected chi connectivity index (χ0v) is 15.7. The van der Waals surface area contributed by atoms with Crippen molar-refractivity contribution in [1.82, 2.24) is 15.0 Å². The number of aryl methyl sites for hydroxylation is 1. The predicted octanol–water partition coefficient (Wildman–Crippen LogP) is 3.47. The maximum atomic E-state index is 13.0. The normalized spacial score (nSPS) is 13.7. The number of hydrogen-bond donors (Lipinski definition) is 0. The lowest BCUT2D eigenvalue weighted by Gasteiger charge is -2.38. The molecule has 1 amide bonds. The monoisotopic (exact) mass is 394 g/mol. The summed E-state index contributed by atoms with van der Waals surface area (Å²) in [5.41, 5.74) is 1.95. The van der Waals surface area contributed by atoms with Crippen molar-refractivity contribution in [3.63, 3.8) is 0 Å². The van der Waals surface area contributed by atoms with E-state index in [0.29, 0.717) is 52.1 Å². The zero-order chi connectivity index (χ0) is 19.7. The van der Waals surface area contributed by atoms with E-state index in [2.05, 4.69) is 10.1 Å². The first-order valence-corrected chi connectivity index (χ1v) is 8.98. The van der Waals surface area contributed by atoms with Crippen LogP contribution >= 0.6 is 11.6 Å². The second-order valence-electron chi connectivity index (χ2n) is 6.39. The van der Waals surface area contributed by atoms with Crippen molar-refractivity contribution in [3.8, 4) is 23.2 Å². The van der Waals surface area contributed by atoms with Gasteiger partial charge in [-0.05, 0) is 19.1 Å². The fraction of sp³-hybridized carbons (Fsp3) is 0.200. The summed E-state index contributed by atoms with van der Waals surface area (Å²) in [5, 5.41) is 13.5. The molecule has 0 N–H and O–H groups in total. The van der Waals surface area contributed by atoms with E-state index in [9.17, 15) is 4.79 Å². The van der Waals surface area contributed by atoms with Crippen molar-refractivity contribution in [2.24, 2.45) is 0 Å². The number of aromatic nitrogens is 2. The predicted molar refractivity (Wildman–Crippen MR) is 101 cm³/mol. The van der Waals surface area contributed by atoms with Gasteiger partial charge in [0.25, 0.3) is 5.91 Å². The van der Waals surface area contributed by atoms with Gasteiger partial charge >= 0.3 is 0 Å². The van der Waals surface area contributed by atoms with Crippen LogP contribution in [0.5, 0.6) is 5.88 Å². The molecule has 7 nitrogen and oxygen atoms in total. The molecule has 0 atom stereocenters. The summed E-state index contributed by atoms with van der Waals surface area (Å²) in [6.45, 7) is 2.51. The van der Waals surface area contributed by atoms with E-state index in [4.69, 9.17) is 26.1 Å². The molecule has 1 aromatic carbocycles. The maximum Gasteiger partial charge on any atom is 0.260 e. The first-order chi connectivity index (χ1) is 13.6. The molecule has 0 saturated carbocycles. The highest BCUT2D eigenvalue weighted by Crippen LogP contribution is 2.32. The molecule has 1 aliphatic heterocycles. The lowest BCUT2D eigenvalue weighted by molar-refractivity contribution is 0.0159. The van der Waals surface area contributed by atoms with E-state index in [1.165, 1.54) is 6.20 Å². The average Bonchev–Trinajstić information content (AvgIpc) is 3.05. The standard InChI is InChI=1S/C20H15ClN4O3/c1-12-18(19(24-28-12)15-4-2-3-5-16(15)21)20(26)25-10-14(11-25)27-17-8-13(9-22)6-7-23-17/h2-8,14H,10-11H2,1H3. The molecule has 0 radical (unpaired) electrons. The van der Waals surface area contributed by atoms with Gasteiger partial charge in [0.15, 0.2) is 0 Å². The van der Waals surface area contributed by atoms with E-state index >= 15 is 0 Å². The van der Waals surface area contributed by atoms with Gasteiger partial charge in [0, 0.05) is 17.8 Å². The number of nitrogens with zero attached hydrogens (tertiary/aromatic N) is 4. The van der Waals surface area contributed by atoms with Crippen LogP contribution < -0.4 is 4.74 Å². The van der Waals surface area contributed by atoms with Crippen LogP contribution in [0.2, 0.25) is 5.02 Å². The van der Waals surface area contributed by atoms with Gasteiger partial charge in [-0.3, -0.25) is 4.79 Å². The Hall–Kier alpha value is -3.37. The number of amides is 1. The van der Waals surface area contributed by atoms with Crippen LogP contribution in [0.1, 0.15) is 21.7 Å². The Balaban J connectivity index is 1.48. The molecule has 3 aromatic rings. The van der Waals surface area contributed by atoms with Gasteiger partial charge in [0.05, 0.1) is 29.7 Å². The largest absolute Gasteiger partial charge is 0.471 e. The number of halogens is 1. The number of carbonyl (C=O) groups is 1. The molecule has 0 bridgehead atoms. The van der Waals surface area contributed by atoms with Gasteiger partial charge in [-0.2, -0.15) is 5.26 Å². The lowest BCUT2D eigenvalue weighted by Crippen LogP contribution is -2.56. The molecule has 0 unspecified atom stereocenters. The van der Waals surface area contributed by atoms with E-state index in [1.807, 2.05) is 18.2 Å². The van der Waals surface area contributed by atoms with Gasteiger partial charge in [0.1, 0.15) is 23.1 Å². The van der Waals surface area contributed by atoms with Crippen molar-refractivity contribution in [1.29, 1.82) is 5.26 Å². The highest BCUT2D eigenvalue weighted by molar-refractivity contribution is 6.33. The Morgan fingerprint density at radius 3 is 2.89 bits per heavy atom. The molecule has 140 valence electrons. The van der Waals surface area contributed by atoms with Crippen molar-refractivity contribution >= 4 is 17.5 Å². The molecular formula is C20H15ClN4O3. The summed E-state index contributed by atoms with van der Waals surface area (Å²) in [6.07, 6.45) is 1.33. The van der Waals surface area contributed by atoms with Crippen LogP contribution in [0.4, 0.5) is 0 Å². The fourth-order valence-corrected chi connectivity index (χ4v) is 3.24. The Morgan fingerprint density at radius 1 is 1.36 bits per heavy atom. The number of likely N-dealkylation sites (tertiary alicyclic amines) is 1. The Bertz CT molecular complexity index is 1080. The number of ether oxygens (including phenoxy) is 1. The van der Waals surface area contributed by atoms with Crippen molar-refractivity contribution in [3.05, 3.63) is 64.5 Å². The smallest absolute Gasteiger partial charge is 0.260 e. The minimum Gasteiger partial charge on any atom is -0.471 e. The van der Waals surface area contributed by atoms with E-state index in [0.717, 1.165) is 0 Å². The minimum atomic E-state index is -0.188. The molecule has 1 fully saturated rings. The molecule has 8 heteroatoms. The number of rotatable bonds is 4. The summed E-state index contributed by atoms with van der Waals surface area (Å²) < 4.78 is 11.0. The van der Waals surface area contributed by atoms with Crippen molar-refractivity contribution < 1.29 is 14.1 Å². The number of carbonyl (C=O) groups excluding carboxylic acids is 1. The highest BCUT2D eigenvalue weighted by atomic mass is 35.5. The van der Waals surface area contributed by atoms with Crippen LogP contribution in [0.15, 0.2) is 47.1 Å². The second kappa shape index (κ2) is 7.33. The van der Waals surface area contributed by atoms with Crippen LogP contribution in [-0.2, 0) is 0 Å². The molecule has 3 heterocycles. The lowest BCUT2D eigenvalue weighted by atomic mass is 10.0. The van der Waals surface area contributed by atoms with Gasteiger partial charge < -0.3 is 14.2 Å². The average molecular weight is 395 g/mol. The van der Waals surface area contributed by atoms with Gasteiger partial charge in [-0.25, -0.2) is 4.98 Å². The van der Waals surface area contributed by atoms with Gasteiger partial charge in [0.2, 0.25) is 5.88 Å². The zero-order valence-electron chi connectivity index (χ0n) is 14.9. The molecule has 2 aromatic heterocycles. The summed E-state index contributed by atoms with van der Waals surface area (Å²) in [5.74, 6) is 0.619. The van der Waals surface area contributed by atoms with Crippen LogP contribution in [0.25, 0.3) is 11.3 Å². The van der Waals surface area contributed by atoms with Gasteiger partial charge in [-0.15, -0.1) is 0 Å². The molecule has 28 heavy (non-hydrogen) atoms. The highest BCUT2D eigenvalue weighted by Gasteiger charge is 2.36. The van der Waals surface area contributed by atoms with Crippen LogP contribution in [0, 0.1) is 18.3 Å². The third kappa shape index (κ3) is 3.30. The fourth-order valence-electron chi connectivity index (χ4n) is 3.01. The minimum absolute atomic E-state index is 0.186. The quantitative estimate of drug-likeness (QED) is 0.672. The second-order valence-corrected chi connectivity index (χ2v) is 6.79. The van der Waals surface area contributed by atoms with Crippen molar-refractivity contribution in [2.75, 3.05) is 13.1 Å². The third-order valence-electron chi connectivity index (χ3n) is 4.49. The van der Waals surface area contributed by atoms with Crippen molar-refractivity contribution in [2.45, 2.75) is 13.0 Å². The molecule has 0 spiro atoms. The van der Waals surface area contributed by atoms with Gasteiger partial charge in [-0.1, -0.05) is 35.0 Å². The summed E-state index contributed by atoms with van der Waals surface area (Å²) in [6, 6.07) is 12.4. The topological polar surface area (TPSA) is 92.3 Å². The van der Waals surface area contributed by atoms with E-state index < -0.39 is 0 Å². The number of nitriles is 1. The molecular weight excluding hydrogens is 380 g/mol. The van der Waals surface area contributed by atoms with E-state index in [-0.39, 0.29) is 12.0 Å². The first-order valence-electron chi connectivity index (χ1n) is 8.60. The Kier molecular flexibility index (Phi) is 4.72. The summed E-state index contributed by atoms with van der Waals surface area (Å²) in [7, 11) is 0. The SMILES string of the molecule is Cc1onc(-c2ccccc2Cl)c1C(=O)N1CC(Oc2cc(C#N)ccn2)C1. The Morgan fingerprint density at radius 2 is 2.14 bits per heavy atom. The van der Waals surface area contributed by atoms with Crippen LogP contribution in [0.3, 0.4) is 0 Å². The summed E-state index contributed by atoms with van der Waals surface area (Å²) >= 11 is 6.25. The van der Waals surface area contributed by atoms with Crippen LogP contribution in [-0.4, -0.2) is 40.1 Å². The van der Waals surface area contributed by atoms with E-state index in [1.54, 1.807) is 36.1 Å². The molecule has 4 rings (SSSR count). The number of pyridine rings is 1. The Labute approximate surface area is 166 Å².